The Labute approximate surface area is 185 Å². The molecule has 0 aliphatic carbocycles. The van der Waals surface area contributed by atoms with Crippen LogP contribution in [-0.2, 0) is 6.54 Å². The Kier molecular flexibility index (Phi) is 5.80. The minimum absolute atomic E-state index is 0.157. The van der Waals surface area contributed by atoms with Gasteiger partial charge in [-0.25, -0.2) is 4.98 Å². The van der Waals surface area contributed by atoms with E-state index in [2.05, 4.69) is 25.9 Å². The number of carbonyl (C=O) groups excluding carboxylic acids is 1. The fourth-order valence-electron chi connectivity index (χ4n) is 2.87. The van der Waals surface area contributed by atoms with Crippen molar-refractivity contribution in [2.75, 3.05) is 12.0 Å². The predicted molar refractivity (Wildman–Crippen MR) is 120 cm³/mol. The van der Waals surface area contributed by atoms with Crippen LogP contribution in [0.15, 0.2) is 65.4 Å². The maximum atomic E-state index is 13.4. The van der Waals surface area contributed by atoms with Crippen LogP contribution in [-0.4, -0.2) is 23.0 Å². The summed E-state index contributed by atoms with van der Waals surface area (Å²) in [5.41, 5.74) is 2.10. The zero-order valence-corrected chi connectivity index (χ0v) is 18.5. The molecule has 0 bridgehead atoms. The van der Waals surface area contributed by atoms with E-state index in [-0.39, 0.29) is 5.91 Å². The second-order valence-electron chi connectivity index (χ2n) is 6.18. The number of nitrogens with zero attached hydrogens (tertiary/aromatic N) is 3. The van der Waals surface area contributed by atoms with Crippen LogP contribution in [0.3, 0.4) is 0 Å². The number of aromatic nitrogens is 2. The lowest BCUT2D eigenvalue weighted by Crippen LogP contribution is -2.30. The van der Waals surface area contributed by atoms with Gasteiger partial charge in [-0.2, -0.15) is 0 Å². The molecule has 2 aromatic carbocycles. The number of carbonyl (C=O) groups is 1. The molecule has 5 nitrogen and oxygen atoms in total. The summed E-state index contributed by atoms with van der Waals surface area (Å²) in [5.74, 6) is 0.458. The number of rotatable bonds is 5. The largest absolute Gasteiger partial charge is 0.494 e. The van der Waals surface area contributed by atoms with Crippen LogP contribution >= 0.6 is 38.9 Å². The van der Waals surface area contributed by atoms with Crippen LogP contribution in [0.25, 0.3) is 10.2 Å². The highest BCUT2D eigenvalue weighted by atomic mass is 79.9. The van der Waals surface area contributed by atoms with E-state index in [0.29, 0.717) is 33.5 Å². The number of hydrogen-bond acceptors (Lipinski definition) is 5. The number of ether oxygens (including phenoxy) is 1. The molecular weight excluding hydrogens is 474 g/mol. The lowest BCUT2D eigenvalue weighted by atomic mass is 10.2. The molecule has 29 heavy (non-hydrogen) atoms. The van der Waals surface area contributed by atoms with Gasteiger partial charge in [0.05, 0.1) is 23.4 Å². The van der Waals surface area contributed by atoms with Crippen LogP contribution in [0.1, 0.15) is 15.9 Å². The first-order valence-corrected chi connectivity index (χ1v) is 10.6. The third-order valence-corrected chi connectivity index (χ3v) is 6.37. The van der Waals surface area contributed by atoms with Crippen molar-refractivity contribution >= 4 is 60.1 Å². The molecule has 2 aromatic heterocycles. The Balaban J connectivity index is 1.81. The van der Waals surface area contributed by atoms with Gasteiger partial charge in [0.25, 0.3) is 5.91 Å². The van der Waals surface area contributed by atoms with Crippen LogP contribution < -0.4 is 9.64 Å². The van der Waals surface area contributed by atoms with Crippen LogP contribution in [0.4, 0.5) is 5.13 Å². The minimum atomic E-state index is -0.157. The van der Waals surface area contributed by atoms with E-state index in [9.17, 15) is 4.79 Å². The van der Waals surface area contributed by atoms with E-state index in [1.165, 1.54) is 11.3 Å². The Morgan fingerprint density at radius 1 is 1.21 bits per heavy atom. The summed E-state index contributed by atoms with van der Waals surface area (Å²) in [4.78, 5) is 23.9. The number of hydrogen-bond donors (Lipinski definition) is 0. The van der Waals surface area contributed by atoms with Crippen molar-refractivity contribution in [1.82, 2.24) is 9.97 Å². The molecule has 1 amide bonds. The molecule has 0 saturated heterocycles. The highest BCUT2D eigenvalue weighted by molar-refractivity contribution is 9.10. The number of fused-ring (bicyclic) bond motifs is 1. The van der Waals surface area contributed by atoms with E-state index in [1.807, 2.05) is 24.3 Å². The van der Waals surface area contributed by atoms with E-state index >= 15 is 0 Å². The van der Waals surface area contributed by atoms with Crippen molar-refractivity contribution in [2.45, 2.75) is 6.54 Å². The second-order valence-corrected chi connectivity index (χ2v) is 8.48. The number of pyridine rings is 1. The van der Waals surface area contributed by atoms with Crippen molar-refractivity contribution in [1.29, 1.82) is 0 Å². The number of amides is 1. The van der Waals surface area contributed by atoms with Gasteiger partial charge in [-0.05, 0) is 48.0 Å². The quantitative estimate of drug-likeness (QED) is 0.348. The normalized spacial score (nSPS) is 10.9. The molecule has 0 atom stereocenters. The van der Waals surface area contributed by atoms with Crippen molar-refractivity contribution in [3.05, 3.63) is 81.5 Å². The van der Waals surface area contributed by atoms with E-state index < -0.39 is 0 Å². The monoisotopic (exact) mass is 487 g/mol. The van der Waals surface area contributed by atoms with Gasteiger partial charge in [0, 0.05) is 22.4 Å². The first-order valence-electron chi connectivity index (χ1n) is 8.66. The molecule has 4 rings (SSSR count). The summed E-state index contributed by atoms with van der Waals surface area (Å²) < 4.78 is 7.10. The van der Waals surface area contributed by atoms with Crippen molar-refractivity contribution in [3.8, 4) is 5.75 Å². The third-order valence-electron chi connectivity index (χ3n) is 4.30. The zero-order valence-electron chi connectivity index (χ0n) is 15.3. The molecule has 0 aliphatic rings. The molecule has 4 aromatic rings. The van der Waals surface area contributed by atoms with Crippen molar-refractivity contribution in [2.24, 2.45) is 0 Å². The number of methoxy groups -OCH3 is 1. The number of anilines is 1. The van der Waals surface area contributed by atoms with Gasteiger partial charge in [-0.15, -0.1) is 0 Å². The standard InChI is InChI=1S/C21H15BrClN3O2S/c1-28-17-9-8-16(23)19-18(17)25-21(29-19)26(12-13-3-2-10-24-11-13)20(27)14-4-6-15(22)7-5-14/h2-11H,12H2,1H3. The van der Waals surface area contributed by atoms with Gasteiger partial charge in [0.1, 0.15) is 11.3 Å². The molecule has 0 saturated carbocycles. The van der Waals surface area contributed by atoms with Crippen molar-refractivity contribution in [3.63, 3.8) is 0 Å². The zero-order chi connectivity index (χ0) is 20.4. The van der Waals surface area contributed by atoms with E-state index in [0.717, 1.165) is 14.7 Å². The average molecular weight is 489 g/mol. The molecule has 0 aliphatic heterocycles. The SMILES string of the molecule is COc1ccc(Cl)c2sc(N(Cc3cccnc3)C(=O)c3ccc(Br)cc3)nc12. The highest BCUT2D eigenvalue weighted by Gasteiger charge is 2.23. The molecule has 0 unspecified atom stereocenters. The van der Waals surface area contributed by atoms with Crippen LogP contribution in [0, 0.1) is 0 Å². The second kappa shape index (κ2) is 8.49. The topological polar surface area (TPSA) is 55.3 Å². The van der Waals surface area contributed by atoms with Gasteiger partial charge in [0.2, 0.25) is 0 Å². The number of benzene rings is 2. The molecule has 0 N–H and O–H groups in total. The van der Waals surface area contributed by atoms with Crippen LogP contribution in [0.5, 0.6) is 5.75 Å². The summed E-state index contributed by atoms with van der Waals surface area (Å²) in [5, 5.41) is 1.12. The fourth-order valence-corrected chi connectivity index (χ4v) is 4.39. The third kappa shape index (κ3) is 4.12. The van der Waals surface area contributed by atoms with E-state index in [4.69, 9.17) is 16.3 Å². The predicted octanol–water partition coefficient (Wildman–Crippen LogP) is 5.96. The maximum absolute atomic E-state index is 13.4. The lowest BCUT2D eigenvalue weighted by molar-refractivity contribution is 0.0985. The number of thiazole rings is 1. The first kappa shape index (κ1) is 19.8. The lowest BCUT2D eigenvalue weighted by Gasteiger charge is -2.20. The maximum Gasteiger partial charge on any atom is 0.260 e. The Morgan fingerprint density at radius 3 is 2.69 bits per heavy atom. The molecular formula is C21H15BrClN3O2S. The number of halogens is 2. The Hall–Kier alpha value is -2.48. The molecule has 0 fully saturated rings. The van der Waals surface area contributed by atoms with Gasteiger partial charge >= 0.3 is 0 Å². The Bertz CT molecular complexity index is 1170. The average Bonchev–Trinajstić information content (AvgIpc) is 3.19. The summed E-state index contributed by atoms with van der Waals surface area (Å²) in [7, 11) is 1.59. The molecule has 146 valence electrons. The minimum Gasteiger partial charge on any atom is -0.494 e. The van der Waals surface area contributed by atoms with Gasteiger partial charge < -0.3 is 4.74 Å². The fraction of sp³-hybridized carbons (Fsp3) is 0.0952. The molecule has 2 heterocycles. The van der Waals surface area contributed by atoms with Gasteiger partial charge in [-0.3, -0.25) is 14.7 Å². The van der Waals surface area contributed by atoms with E-state index in [1.54, 1.807) is 48.7 Å². The summed E-state index contributed by atoms with van der Waals surface area (Å²) in [6, 6.07) is 14.6. The van der Waals surface area contributed by atoms with Gasteiger partial charge in [-0.1, -0.05) is 44.9 Å². The molecule has 8 heteroatoms. The van der Waals surface area contributed by atoms with Crippen LogP contribution in [0.2, 0.25) is 5.02 Å². The van der Waals surface area contributed by atoms with Crippen molar-refractivity contribution < 1.29 is 9.53 Å². The van der Waals surface area contributed by atoms with Gasteiger partial charge in [0.15, 0.2) is 5.13 Å². The summed E-state index contributed by atoms with van der Waals surface area (Å²) in [6.45, 7) is 0.336. The first-order chi connectivity index (χ1) is 14.1. The summed E-state index contributed by atoms with van der Waals surface area (Å²) in [6.07, 6.45) is 3.44. The highest BCUT2D eigenvalue weighted by Crippen LogP contribution is 2.39. The summed E-state index contributed by atoms with van der Waals surface area (Å²) >= 11 is 11.1. The smallest absolute Gasteiger partial charge is 0.260 e. The molecule has 0 spiro atoms. The Morgan fingerprint density at radius 2 is 2.00 bits per heavy atom. The molecule has 0 radical (unpaired) electrons.